The topological polar surface area (TPSA) is 65.0 Å². The Balaban J connectivity index is 1.47. The summed E-state index contributed by atoms with van der Waals surface area (Å²) in [7, 11) is 0. The van der Waals surface area contributed by atoms with E-state index in [4.69, 9.17) is 8.83 Å². The van der Waals surface area contributed by atoms with Gasteiger partial charge in [-0.15, -0.1) is 21.5 Å². The highest BCUT2D eigenvalue weighted by atomic mass is 79.9. The first-order valence-corrected chi connectivity index (χ1v) is 10.1. The zero-order valence-corrected chi connectivity index (χ0v) is 16.3. The molecule has 3 heterocycles. The number of halogens is 1. The minimum atomic E-state index is 0.500. The van der Waals surface area contributed by atoms with E-state index in [2.05, 4.69) is 31.1 Å². The van der Waals surface area contributed by atoms with Crippen LogP contribution < -0.4 is 0 Å². The number of hydrogen-bond acceptors (Lipinski definition) is 7. The normalized spacial score (nSPS) is 11.1. The lowest BCUT2D eigenvalue weighted by Crippen LogP contribution is -1.84. The van der Waals surface area contributed by atoms with E-state index in [1.807, 2.05) is 48.7 Å². The van der Waals surface area contributed by atoms with Gasteiger partial charge in [-0.05, 0) is 36.6 Å². The molecule has 0 aliphatic rings. The molecule has 0 atom stereocenters. The molecule has 4 rings (SSSR count). The first-order valence-electron chi connectivity index (χ1n) is 7.41. The summed E-state index contributed by atoms with van der Waals surface area (Å²) in [5.74, 6) is 2.58. The Morgan fingerprint density at radius 2 is 2.04 bits per heavy atom. The Morgan fingerprint density at radius 3 is 2.84 bits per heavy atom. The second kappa shape index (κ2) is 7.15. The van der Waals surface area contributed by atoms with Crippen molar-refractivity contribution >= 4 is 39.0 Å². The highest BCUT2D eigenvalue weighted by Crippen LogP contribution is 2.30. The Morgan fingerprint density at radius 1 is 1.12 bits per heavy atom. The smallest absolute Gasteiger partial charge is 0.277 e. The van der Waals surface area contributed by atoms with Crippen molar-refractivity contribution in [2.75, 3.05) is 0 Å². The average Bonchev–Trinajstić information content (AvgIpc) is 3.34. The number of aromatic nitrogens is 3. The number of aryl methyl sites for hydroxylation is 1. The molecule has 0 N–H and O–H groups in total. The zero-order valence-electron chi connectivity index (χ0n) is 13.1. The van der Waals surface area contributed by atoms with Crippen molar-refractivity contribution in [2.45, 2.75) is 17.9 Å². The van der Waals surface area contributed by atoms with Gasteiger partial charge in [0.15, 0.2) is 0 Å². The number of thiophene rings is 1. The summed E-state index contributed by atoms with van der Waals surface area (Å²) >= 11 is 6.49. The van der Waals surface area contributed by atoms with E-state index in [-0.39, 0.29) is 0 Å². The molecule has 4 aromatic rings. The maximum absolute atomic E-state index is 5.75. The molecule has 0 amide bonds. The first kappa shape index (κ1) is 16.6. The van der Waals surface area contributed by atoms with E-state index in [1.54, 1.807) is 11.3 Å². The summed E-state index contributed by atoms with van der Waals surface area (Å²) in [5.41, 5.74) is 1.77. The lowest BCUT2D eigenvalue weighted by Gasteiger charge is -1.95. The summed E-state index contributed by atoms with van der Waals surface area (Å²) in [5, 5.41) is 10.7. The highest BCUT2D eigenvalue weighted by Gasteiger charge is 2.15. The van der Waals surface area contributed by atoms with E-state index < -0.39 is 0 Å². The fourth-order valence-corrected chi connectivity index (χ4v) is 4.02. The molecule has 0 aliphatic carbocycles. The van der Waals surface area contributed by atoms with Crippen LogP contribution >= 0.6 is 39.0 Å². The van der Waals surface area contributed by atoms with Crippen molar-refractivity contribution in [2.24, 2.45) is 0 Å². The molecule has 0 bridgehead atoms. The fourth-order valence-electron chi connectivity index (χ4n) is 2.20. The summed E-state index contributed by atoms with van der Waals surface area (Å²) < 4.78 is 12.4. The van der Waals surface area contributed by atoms with Crippen molar-refractivity contribution < 1.29 is 8.83 Å². The van der Waals surface area contributed by atoms with E-state index in [9.17, 15) is 0 Å². The molecule has 0 saturated carbocycles. The van der Waals surface area contributed by atoms with Gasteiger partial charge >= 0.3 is 0 Å². The monoisotopic (exact) mass is 433 g/mol. The molecule has 0 spiro atoms. The number of oxazole rings is 1. The van der Waals surface area contributed by atoms with Crippen LogP contribution in [0.2, 0.25) is 0 Å². The SMILES string of the molecule is Cc1oc(-c2cccs2)nc1CSc1nnc(-c2cccc(Br)c2)o1. The predicted octanol–water partition coefficient (Wildman–Crippen LogP) is 5.82. The van der Waals surface area contributed by atoms with Crippen molar-refractivity contribution in [3.8, 4) is 22.2 Å². The Kier molecular flexibility index (Phi) is 4.74. The molecule has 3 aromatic heterocycles. The van der Waals surface area contributed by atoms with Gasteiger partial charge in [0, 0.05) is 15.8 Å². The molecule has 0 fully saturated rings. The van der Waals surface area contributed by atoms with Crippen LogP contribution in [0.15, 0.2) is 60.3 Å². The van der Waals surface area contributed by atoms with Crippen molar-refractivity contribution in [1.29, 1.82) is 0 Å². The van der Waals surface area contributed by atoms with Crippen molar-refractivity contribution in [3.05, 3.63) is 57.7 Å². The lowest BCUT2D eigenvalue weighted by atomic mass is 10.2. The maximum Gasteiger partial charge on any atom is 0.277 e. The van der Waals surface area contributed by atoms with Gasteiger partial charge in [-0.25, -0.2) is 4.98 Å². The molecule has 0 aliphatic heterocycles. The molecule has 8 heteroatoms. The number of nitrogens with zero attached hydrogens (tertiary/aromatic N) is 3. The molecule has 5 nitrogen and oxygen atoms in total. The van der Waals surface area contributed by atoms with Crippen LogP contribution in [-0.4, -0.2) is 15.2 Å². The van der Waals surface area contributed by atoms with Gasteiger partial charge in [-0.1, -0.05) is 39.8 Å². The first-order chi connectivity index (χ1) is 12.2. The quantitative estimate of drug-likeness (QED) is 0.369. The molecule has 126 valence electrons. The van der Waals surface area contributed by atoms with Gasteiger partial charge < -0.3 is 8.83 Å². The minimum absolute atomic E-state index is 0.500. The Hall–Kier alpha value is -1.90. The summed E-state index contributed by atoms with van der Waals surface area (Å²) in [4.78, 5) is 5.59. The van der Waals surface area contributed by atoms with E-state index >= 15 is 0 Å². The molecular weight excluding hydrogens is 422 g/mol. The molecule has 0 saturated heterocycles. The number of rotatable bonds is 5. The fraction of sp³-hybridized carbons (Fsp3) is 0.118. The minimum Gasteiger partial charge on any atom is -0.440 e. The van der Waals surface area contributed by atoms with E-state index in [1.165, 1.54) is 11.8 Å². The number of thioether (sulfide) groups is 1. The van der Waals surface area contributed by atoms with Crippen molar-refractivity contribution in [1.82, 2.24) is 15.2 Å². The zero-order chi connectivity index (χ0) is 17.2. The predicted molar refractivity (Wildman–Crippen MR) is 102 cm³/mol. The second-order valence-corrected chi connectivity index (χ2v) is 7.96. The van der Waals surface area contributed by atoms with Gasteiger partial charge in [0.1, 0.15) is 5.76 Å². The van der Waals surface area contributed by atoms with Crippen LogP contribution in [0.1, 0.15) is 11.5 Å². The van der Waals surface area contributed by atoms with Gasteiger partial charge in [-0.3, -0.25) is 0 Å². The summed E-state index contributed by atoms with van der Waals surface area (Å²) in [6.07, 6.45) is 0. The van der Waals surface area contributed by atoms with Gasteiger partial charge in [0.05, 0.1) is 10.6 Å². The Bertz CT molecular complexity index is 995. The molecule has 0 unspecified atom stereocenters. The molecule has 0 radical (unpaired) electrons. The van der Waals surface area contributed by atoms with Crippen LogP contribution in [-0.2, 0) is 5.75 Å². The van der Waals surface area contributed by atoms with Crippen LogP contribution in [0.4, 0.5) is 0 Å². The largest absolute Gasteiger partial charge is 0.440 e. The van der Waals surface area contributed by atoms with Gasteiger partial charge in [-0.2, -0.15) is 0 Å². The number of benzene rings is 1. The van der Waals surface area contributed by atoms with Crippen LogP contribution in [0.25, 0.3) is 22.2 Å². The Labute approximate surface area is 160 Å². The van der Waals surface area contributed by atoms with Gasteiger partial charge in [0.2, 0.25) is 11.8 Å². The standard InChI is InChI=1S/C17H12BrN3O2S2/c1-10-13(19-16(22-10)14-6-3-7-24-14)9-25-17-21-20-15(23-17)11-4-2-5-12(18)8-11/h2-8H,9H2,1H3. The van der Waals surface area contributed by atoms with Gasteiger partial charge in [0.25, 0.3) is 5.22 Å². The lowest BCUT2D eigenvalue weighted by molar-refractivity contribution is 0.465. The van der Waals surface area contributed by atoms with Crippen LogP contribution in [0, 0.1) is 6.92 Å². The van der Waals surface area contributed by atoms with Crippen LogP contribution in [0.5, 0.6) is 0 Å². The molecule has 25 heavy (non-hydrogen) atoms. The summed E-state index contributed by atoms with van der Waals surface area (Å²) in [6, 6.07) is 11.7. The maximum atomic E-state index is 5.75. The third kappa shape index (κ3) is 3.70. The highest BCUT2D eigenvalue weighted by molar-refractivity contribution is 9.10. The van der Waals surface area contributed by atoms with Crippen molar-refractivity contribution in [3.63, 3.8) is 0 Å². The molecule has 1 aromatic carbocycles. The average molecular weight is 434 g/mol. The van der Waals surface area contributed by atoms with Crippen LogP contribution in [0.3, 0.4) is 0 Å². The molecular formula is C17H12BrN3O2S2. The van der Waals surface area contributed by atoms with E-state index in [0.717, 1.165) is 26.4 Å². The number of hydrogen-bond donors (Lipinski definition) is 0. The third-order valence-corrected chi connectivity index (χ3v) is 5.62. The second-order valence-electron chi connectivity index (χ2n) is 5.17. The van der Waals surface area contributed by atoms with E-state index in [0.29, 0.717) is 22.8 Å². The third-order valence-electron chi connectivity index (χ3n) is 3.44. The summed E-state index contributed by atoms with van der Waals surface area (Å²) in [6.45, 7) is 1.92.